The second-order valence-corrected chi connectivity index (χ2v) is 8.06. The molecule has 0 unspecified atom stereocenters. The van der Waals surface area contributed by atoms with Gasteiger partial charge in [0.25, 0.3) is 15.6 Å². The molecule has 1 heterocycles. The molecule has 8 nitrogen and oxygen atoms in total. The molecular weight excluding hydrogens is 424 g/mol. The third-order valence-electron chi connectivity index (χ3n) is 3.54. The van der Waals surface area contributed by atoms with Crippen LogP contribution in [0.2, 0.25) is 5.02 Å². The fourth-order valence-corrected chi connectivity index (χ4v) is 3.56. The number of hydrogen-bond acceptors (Lipinski definition) is 6. The largest absolute Gasteiger partial charge is 0.494 e. The van der Waals surface area contributed by atoms with Crippen LogP contribution in [0.3, 0.4) is 0 Å². The number of nitrogens with zero attached hydrogens (tertiary/aromatic N) is 1. The Bertz CT molecular complexity index is 1250. The number of nitrogens with one attached hydrogen (secondary N) is 3. The number of benzene rings is 2. The molecule has 144 valence electrons. The highest BCUT2D eigenvalue weighted by Gasteiger charge is 2.14. The van der Waals surface area contributed by atoms with E-state index in [4.69, 9.17) is 23.8 Å². The minimum Gasteiger partial charge on any atom is -0.494 e. The fourth-order valence-electron chi connectivity index (χ4n) is 2.19. The molecule has 2 aromatic carbocycles. The molecule has 0 saturated heterocycles. The molecule has 4 N–H and O–H groups in total. The summed E-state index contributed by atoms with van der Waals surface area (Å²) in [4.78, 5) is 20.6. The van der Waals surface area contributed by atoms with Crippen molar-refractivity contribution in [3.8, 4) is 5.88 Å². The zero-order valence-electron chi connectivity index (χ0n) is 14.0. The van der Waals surface area contributed by atoms with Gasteiger partial charge in [0.05, 0.1) is 10.6 Å². The zero-order chi connectivity index (χ0) is 20.3. The summed E-state index contributed by atoms with van der Waals surface area (Å²) in [5, 5.41) is 10.2. The van der Waals surface area contributed by atoms with Crippen molar-refractivity contribution in [2.75, 3.05) is 4.72 Å². The van der Waals surface area contributed by atoms with Crippen LogP contribution in [0.15, 0.2) is 63.2 Å². The van der Waals surface area contributed by atoms with Crippen LogP contribution in [0.1, 0.15) is 5.56 Å². The van der Waals surface area contributed by atoms with E-state index < -0.39 is 21.5 Å². The maximum atomic E-state index is 12.4. The van der Waals surface area contributed by atoms with Crippen molar-refractivity contribution < 1.29 is 13.5 Å². The number of aromatic nitrogens is 2. The summed E-state index contributed by atoms with van der Waals surface area (Å²) in [6.45, 7) is 0. The Balaban J connectivity index is 1.80. The summed E-state index contributed by atoms with van der Waals surface area (Å²) in [6, 6.07) is 11.9. The van der Waals surface area contributed by atoms with Gasteiger partial charge in [-0.25, -0.2) is 8.42 Å². The first-order chi connectivity index (χ1) is 13.2. The highest BCUT2D eigenvalue weighted by Crippen LogP contribution is 2.21. The molecular formula is C17H13ClN4O4S2. The topological polar surface area (TPSA) is 127 Å². The van der Waals surface area contributed by atoms with Crippen molar-refractivity contribution in [1.82, 2.24) is 9.97 Å². The van der Waals surface area contributed by atoms with Gasteiger partial charge in [-0.05, 0) is 60.7 Å². The minimum atomic E-state index is -3.78. The Kier molecular flexibility index (Phi) is 5.63. The Morgan fingerprint density at radius 2 is 1.71 bits per heavy atom. The summed E-state index contributed by atoms with van der Waals surface area (Å²) in [7, 11) is -3.78. The molecule has 0 bridgehead atoms. The van der Waals surface area contributed by atoms with E-state index in [9.17, 15) is 18.3 Å². The van der Waals surface area contributed by atoms with Crippen molar-refractivity contribution in [1.29, 1.82) is 0 Å². The standard InChI is InChI=1S/C17H13ClN4O4S2/c18-10-1-3-12(4-2-10)22-28(25,26)13-7-5-11(6-8-13)19-9-14-15(23)20-17(27)21-16(14)24/h1-9,22H,(H3,20,21,23,24,27). The van der Waals surface area contributed by atoms with Gasteiger partial charge in [-0.2, -0.15) is 0 Å². The van der Waals surface area contributed by atoms with Crippen molar-refractivity contribution in [3.63, 3.8) is 0 Å². The molecule has 0 aliphatic carbocycles. The van der Waals surface area contributed by atoms with Crippen molar-refractivity contribution >= 4 is 51.4 Å². The number of aliphatic imine (C=N–C) groups is 1. The number of rotatable bonds is 5. The number of anilines is 1. The second kappa shape index (κ2) is 7.97. The maximum Gasteiger partial charge on any atom is 0.264 e. The van der Waals surface area contributed by atoms with Crippen LogP contribution in [0.5, 0.6) is 5.88 Å². The smallest absolute Gasteiger partial charge is 0.264 e. The van der Waals surface area contributed by atoms with Gasteiger partial charge in [0, 0.05) is 16.9 Å². The maximum absolute atomic E-state index is 12.4. The molecule has 0 aliphatic rings. The summed E-state index contributed by atoms with van der Waals surface area (Å²) in [5.41, 5.74) is 0.0559. The van der Waals surface area contributed by atoms with Crippen LogP contribution in [0, 0.1) is 4.77 Å². The Morgan fingerprint density at radius 1 is 1.07 bits per heavy atom. The summed E-state index contributed by atoms with van der Waals surface area (Å²) in [6.07, 6.45) is 1.15. The van der Waals surface area contributed by atoms with Crippen molar-refractivity contribution in [3.05, 3.63) is 74.2 Å². The van der Waals surface area contributed by atoms with Gasteiger partial charge in [-0.1, -0.05) is 11.6 Å². The van der Waals surface area contributed by atoms with Gasteiger partial charge in [0.15, 0.2) is 4.77 Å². The molecule has 0 fully saturated rings. The van der Waals surface area contributed by atoms with E-state index in [1.807, 2.05) is 0 Å². The first-order valence-corrected chi connectivity index (χ1v) is 10.00. The molecule has 3 rings (SSSR count). The lowest BCUT2D eigenvalue weighted by atomic mass is 10.3. The molecule has 0 spiro atoms. The number of hydrogen-bond donors (Lipinski definition) is 4. The van der Waals surface area contributed by atoms with Gasteiger partial charge in [0.2, 0.25) is 5.88 Å². The van der Waals surface area contributed by atoms with E-state index in [0.717, 1.165) is 6.21 Å². The summed E-state index contributed by atoms with van der Waals surface area (Å²) in [5.74, 6) is -0.413. The van der Waals surface area contributed by atoms with Crippen molar-refractivity contribution in [2.45, 2.75) is 4.90 Å². The number of halogens is 1. The van der Waals surface area contributed by atoms with Gasteiger partial charge >= 0.3 is 0 Å². The molecule has 11 heteroatoms. The number of H-pyrrole nitrogens is 2. The van der Waals surface area contributed by atoms with Crippen LogP contribution in [0.25, 0.3) is 0 Å². The average Bonchev–Trinajstić information content (AvgIpc) is 2.63. The number of aromatic hydroxyl groups is 1. The zero-order valence-corrected chi connectivity index (χ0v) is 16.4. The van der Waals surface area contributed by atoms with E-state index in [0.29, 0.717) is 16.4 Å². The fraction of sp³-hybridized carbons (Fsp3) is 0. The Morgan fingerprint density at radius 3 is 2.32 bits per heavy atom. The average molecular weight is 437 g/mol. The van der Waals surface area contributed by atoms with Crippen LogP contribution in [-0.2, 0) is 10.0 Å². The van der Waals surface area contributed by atoms with Crippen LogP contribution in [0.4, 0.5) is 11.4 Å². The van der Waals surface area contributed by atoms with E-state index >= 15 is 0 Å². The van der Waals surface area contributed by atoms with Gasteiger partial charge in [0.1, 0.15) is 5.56 Å². The third-order valence-corrected chi connectivity index (χ3v) is 5.40. The van der Waals surface area contributed by atoms with Crippen LogP contribution in [-0.4, -0.2) is 29.7 Å². The Labute approximate surface area is 169 Å². The van der Waals surface area contributed by atoms with E-state index in [2.05, 4.69) is 19.7 Å². The molecule has 0 radical (unpaired) electrons. The highest BCUT2D eigenvalue weighted by atomic mass is 35.5. The van der Waals surface area contributed by atoms with E-state index in [1.165, 1.54) is 24.3 Å². The lowest BCUT2D eigenvalue weighted by molar-refractivity contribution is 0.449. The number of sulfonamides is 1. The monoisotopic (exact) mass is 436 g/mol. The molecule has 0 amide bonds. The molecule has 0 saturated carbocycles. The van der Waals surface area contributed by atoms with E-state index in [1.54, 1.807) is 24.3 Å². The SMILES string of the molecule is O=c1[nH]c(=S)[nH]c(O)c1C=Nc1ccc(S(=O)(=O)Nc2ccc(Cl)cc2)cc1. The van der Waals surface area contributed by atoms with Gasteiger partial charge < -0.3 is 10.1 Å². The first kappa shape index (κ1) is 19.8. The van der Waals surface area contributed by atoms with Gasteiger partial charge in [-0.3, -0.25) is 19.5 Å². The normalized spacial score (nSPS) is 11.6. The number of aromatic amines is 2. The lowest BCUT2D eigenvalue weighted by Gasteiger charge is -2.08. The van der Waals surface area contributed by atoms with E-state index in [-0.39, 0.29) is 15.2 Å². The molecule has 0 aliphatic heterocycles. The van der Waals surface area contributed by atoms with Gasteiger partial charge in [-0.15, -0.1) is 0 Å². The predicted octanol–water partition coefficient (Wildman–Crippen LogP) is 3.34. The third kappa shape index (κ3) is 4.66. The molecule has 3 aromatic rings. The predicted molar refractivity (Wildman–Crippen MR) is 110 cm³/mol. The summed E-state index contributed by atoms with van der Waals surface area (Å²) < 4.78 is 27.3. The van der Waals surface area contributed by atoms with Crippen LogP contribution < -0.4 is 10.3 Å². The molecule has 28 heavy (non-hydrogen) atoms. The molecule has 0 atom stereocenters. The van der Waals surface area contributed by atoms with Crippen LogP contribution >= 0.6 is 23.8 Å². The van der Waals surface area contributed by atoms with Crippen molar-refractivity contribution in [2.24, 2.45) is 4.99 Å². The summed E-state index contributed by atoms with van der Waals surface area (Å²) >= 11 is 10.5. The Hall–Kier alpha value is -2.95. The highest BCUT2D eigenvalue weighted by molar-refractivity contribution is 7.92. The lowest BCUT2D eigenvalue weighted by Crippen LogP contribution is -2.13. The quantitative estimate of drug-likeness (QED) is 0.360. The first-order valence-electron chi connectivity index (χ1n) is 7.73. The second-order valence-electron chi connectivity index (χ2n) is 5.54. The molecule has 1 aromatic heterocycles. The minimum absolute atomic E-state index is 0.0117.